The molecular formula is C11H15NO4S. The number of aromatic hydroxyl groups is 1. The Kier molecular flexibility index (Phi) is 3.37. The summed E-state index contributed by atoms with van der Waals surface area (Å²) in [6.07, 6.45) is 1.06. The Morgan fingerprint density at radius 1 is 1.47 bits per heavy atom. The highest BCUT2D eigenvalue weighted by atomic mass is 32.2. The summed E-state index contributed by atoms with van der Waals surface area (Å²) in [4.78, 5) is -0.184. The molecule has 5 nitrogen and oxygen atoms in total. The van der Waals surface area contributed by atoms with Crippen LogP contribution in [0.3, 0.4) is 0 Å². The van der Waals surface area contributed by atoms with Crippen LogP contribution >= 0.6 is 0 Å². The Morgan fingerprint density at radius 2 is 2.24 bits per heavy atom. The van der Waals surface area contributed by atoms with Crippen LogP contribution in [-0.4, -0.2) is 26.3 Å². The fourth-order valence-electron chi connectivity index (χ4n) is 1.78. The Bertz CT molecular complexity index is 506. The Labute approximate surface area is 101 Å². The van der Waals surface area contributed by atoms with Crippen LogP contribution in [0, 0.1) is 6.92 Å². The van der Waals surface area contributed by atoms with Crippen molar-refractivity contribution >= 4 is 10.1 Å². The maximum atomic E-state index is 11.9. The van der Waals surface area contributed by atoms with Gasteiger partial charge in [0, 0.05) is 0 Å². The summed E-state index contributed by atoms with van der Waals surface area (Å²) in [5.41, 5.74) is 0.792. The molecule has 1 saturated heterocycles. The lowest BCUT2D eigenvalue weighted by Gasteiger charge is -2.12. The van der Waals surface area contributed by atoms with E-state index in [0.29, 0.717) is 6.42 Å². The molecule has 0 spiro atoms. The number of nitrogens with one attached hydrogen (secondary N) is 1. The molecule has 1 aromatic carbocycles. The van der Waals surface area contributed by atoms with Gasteiger partial charge in [0.15, 0.2) is 0 Å². The molecule has 1 heterocycles. The summed E-state index contributed by atoms with van der Waals surface area (Å²) in [6, 6.07) is 4.38. The molecule has 1 aliphatic rings. The molecule has 2 rings (SSSR count). The first-order valence-electron chi connectivity index (χ1n) is 5.45. The second-order valence-corrected chi connectivity index (χ2v) is 5.65. The van der Waals surface area contributed by atoms with E-state index in [1.165, 1.54) is 12.1 Å². The summed E-state index contributed by atoms with van der Waals surface area (Å²) in [5, 5.41) is 12.6. The fourth-order valence-corrected chi connectivity index (χ4v) is 2.90. The first kappa shape index (κ1) is 12.3. The van der Waals surface area contributed by atoms with Crippen molar-refractivity contribution in [2.24, 2.45) is 0 Å². The van der Waals surface area contributed by atoms with Gasteiger partial charge < -0.3 is 5.11 Å². The second kappa shape index (κ2) is 4.64. The van der Waals surface area contributed by atoms with Crippen LogP contribution in [0.1, 0.15) is 18.4 Å². The molecule has 1 atom stereocenters. The molecule has 0 saturated carbocycles. The van der Waals surface area contributed by atoms with Gasteiger partial charge in [-0.3, -0.25) is 5.32 Å². The van der Waals surface area contributed by atoms with E-state index < -0.39 is 16.3 Å². The molecule has 17 heavy (non-hydrogen) atoms. The van der Waals surface area contributed by atoms with E-state index >= 15 is 0 Å². The maximum absolute atomic E-state index is 11.9. The smallest absolute Gasteiger partial charge is 0.302 e. The minimum Gasteiger partial charge on any atom is -0.506 e. The largest absolute Gasteiger partial charge is 0.506 e. The summed E-state index contributed by atoms with van der Waals surface area (Å²) in [7, 11) is -3.90. The maximum Gasteiger partial charge on any atom is 0.302 e. The lowest BCUT2D eigenvalue weighted by Crippen LogP contribution is -2.27. The van der Waals surface area contributed by atoms with Gasteiger partial charge in [-0.2, -0.15) is 8.42 Å². The van der Waals surface area contributed by atoms with Crippen LogP contribution < -0.4 is 5.32 Å². The van der Waals surface area contributed by atoms with Gasteiger partial charge >= 0.3 is 10.1 Å². The quantitative estimate of drug-likeness (QED) is 0.793. The van der Waals surface area contributed by atoms with Crippen molar-refractivity contribution in [1.82, 2.24) is 5.32 Å². The zero-order chi connectivity index (χ0) is 12.5. The average molecular weight is 257 g/mol. The number of rotatable bonds is 3. The van der Waals surface area contributed by atoms with Crippen LogP contribution in [0.25, 0.3) is 0 Å². The minimum atomic E-state index is -3.90. The van der Waals surface area contributed by atoms with E-state index in [9.17, 15) is 13.5 Å². The van der Waals surface area contributed by atoms with Gasteiger partial charge in [-0.05, 0) is 44.0 Å². The Hall–Kier alpha value is -1.11. The Morgan fingerprint density at radius 3 is 2.82 bits per heavy atom. The summed E-state index contributed by atoms with van der Waals surface area (Å²) in [5.74, 6) is -0.275. The lowest BCUT2D eigenvalue weighted by atomic mass is 10.2. The van der Waals surface area contributed by atoms with Crippen LogP contribution in [0.4, 0.5) is 0 Å². The number of hydrogen-bond donors (Lipinski definition) is 2. The van der Waals surface area contributed by atoms with Crippen LogP contribution in [0.15, 0.2) is 23.1 Å². The van der Waals surface area contributed by atoms with E-state index in [2.05, 4.69) is 5.32 Å². The van der Waals surface area contributed by atoms with Crippen molar-refractivity contribution in [1.29, 1.82) is 0 Å². The third kappa shape index (κ3) is 2.77. The molecule has 0 amide bonds. The van der Waals surface area contributed by atoms with Gasteiger partial charge in [0.1, 0.15) is 16.9 Å². The van der Waals surface area contributed by atoms with E-state index in [1.807, 2.05) is 0 Å². The summed E-state index contributed by atoms with van der Waals surface area (Å²) < 4.78 is 28.8. The van der Waals surface area contributed by atoms with Gasteiger partial charge in [-0.1, -0.05) is 6.07 Å². The van der Waals surface area contributed by atoms with Crippen LogP contribution in [0.2, 0.25) is 0 Å². The molecule has 0 radical (unpaired) electrons. The van der Waals surface area contributed by atoms with Crippen molar-refractivity contribution in [2.45, 2.75) is 30.9 Å². The predicted octanol–water partition coefficient (Wildman–Crippen LogP) is 1.12. The minimum absolute atomic E-state index is 0.184. The molecule has 0 aromatic heterocycles. The zero-order valence-electron chi connectivity index (χ0n) is 9.51. The molecule has 0 aliphatic carbocycles. The molecule has 1 aromatic rings. The number of phenols is 1. The third-order valence-electron chi connectivity index (χ3n) is 2.64. The topological polar surface area (TPSA) is 75.6 Å². The molecule has 0 bridgehead atoms. The first-order chi connectivity index (χ1) is 7.99. The van der Waals surface area contributed by atoms with E-state index in [4.69, 9.17) is 4.18 Å². The van der Waals surface area contributed by atoms with E-state index in [0.717, 1.165) is 18.5 Å². The third-order valence-corrected chi connectivity index (χ3v) is 4.01. The van der Waals surface area contributed by atoms with Crippen molar-refractivity contribution in [3.05, 3.63) is 23.8 Å². The highest BCUT2D eigenvalue weighted by Crippen LogP contribution is 2.26. The molecule has 1 aliphatic heterocycles. The van der Waals surface area contributed by atoms with Crippen molar-refractivity contribution < 1.29 is 17.7 Å². The molecule has 6 heteroatoms. The van der Waals surface area contributed by atoms with Crippen molar-refractivity contribution in [3.8, 4) is 5.75 Å². The highest BCUT2D eigenvalue weighted by molar-refractivity contribution is 7.86. The molecular weight excluding hydrogens is 242 g/mol. The normalized spacial score (nSPS) is 20.6. The average Bonchev–Trinajstić information content (AvgIpc) is 2.68. The van der Waals surface area contributed by atoms with Gasteiger partial charge in [-0.15, -0.1) is 0 Å². The summed E-state index contributed by atoms with van der Waals surface area (Å²) >= 11 is 0. The monoisotopic (exact) mass is 257 g/mol. The Balaban J connectivity index is 2.24. The fraction of sp³-hybridized carbons (Fsp3) is 0.455. The standard InChI is InChI=1S/C11H15NO4S/c1-8-4-5-10(9(13)7-8)17(14,15)16-11-3-2-6-12-11/h4-5,7,11-13H,2-3,6H2,1H3. The molecule has 94 valence electrons. The predicted molar refractivity (Wildman–Crippen MR) is 62.1 cm³/mol. The molecule has 2 N–H and O–H groups in total. The SMILES string of the molecule is Cc1ccc(S(=O)(=O)OC2CCCN2)c(O)c1. The van der Waals surface area contributed by atoms with Gasteiger partial charge in [0.25, 0.3) is 0 Å². The lowest BCUT2D eigenvalue weighted by molar-refractivity contribution is 0.194. The molecule has 1 fully saturated rings. The molecule has 1 unspecified atom stereocenters. The number of phenolic OH excluding ortho intramolecular Hbond substituents is 1. The first-order valence-corrected chi connectivity index (χ1v) is 6.86. The number of aryl methyl sites for hydroxylation is 1. The van der Waals surface area contributed by atoms with Crippen LogP contribution in [-0.2, 0) is 14.3 Å². The zero-order valence-corrected chi connectivity index (χ0v) is 10.3. The van der Waals surface area contributed by atoms with E-state index in [-0.39, 0.29) is 10.6 Å². The van der Waals surface area contributed by atoms with Crippen molar-refractivity contribution in [3.63, 3.8) is 0 Å². The van der Waals surface area contributed by atoms with Gasteiger partial charge in [0.2, 0.25) is 0 Å². The van der Waals surface area contributed by atoms with Gasteiger partial charge in [-0.25, -0.2) is 4.18 Å². The highest BCUT2D eigenvalue weighted by Gasteiger charge is 2.26. The second-order valence-electron chi connectivity index (χ2n) is 4.11. The summed E-state index contributed by atoms with van der Waals surface area (Å²) in [6.45, 7) is 2.52. The van der Waals surface area contributed by atoms with Gasteiger partial charge in [0.05, 0.1) is 0 Å². The van der Waals surface area contributed by atoms with Crippen LogP contribution in [0.5, 0.6) is 5.75 Å². The number of hydrogen-bond acceptors (Lipinski definition) is 5. The van der Waals surface area contributed by atoms with E-state index in [1.54, 1.807) is 13.0 Å². The number of benzene rings is 1. The van der Waals surface area contributed by atoms with Crippen molar-refractivity contribution in [2.75, 3.05) is 6.54 Å².